The average molecular weight is 481 g/mol. The lowest BCUT2D eigenvalue weighted by atomic mass is 10.1. The molecule has 9 heteroatoms. The number of hydrogen-bond donors (Lipinski definition) is 2. The molecule has 0 saturated heterocycles. The van der Waals surface area contributed by atoms with E-state index in [1.807, 2.05) is 0 Å². The molecule has 0 saturated carbocycles. The van der Waals surface area contributed by atoms with Crippen LogP contribution in [0.15, 0.2) is 70.0 Å². The molecule has 3 rings (SSSR count). The lowest BCUT2D eigenvalue weighted by molar-refractivity contribution is 0.102. The van der Waals surface area contributed by atoms with Gasteiger partial charge in [0.05, 0.1) is 16.3 Å². The first-order valence-electron chi connectivity index (χ1n) is 8.32. The highest BCUT2D eigenvalue weighted by molar-refractivity contribution is 9.10. The quantitative estimate of drug-likeness (QED) is 0.533. The molecule has 0 radical (unpaired) electrons. The van der Waals surface area contributed by atoms with Gasteiger partial charge in [-0.25, -0.2) is 17.2 Å². The second kappa shape index (κ2) is 8.30. The minimum absolute atomic E-state index is 0.0451. The number of hydrogen-bond acceptors (Lipinski definition) is 3. The lowest BCUT2D eigenvalue weighted by Gasteiger charge is -2.12. The van der Waals surface area contributed by atoms with Crippen molar-refractivity contribution in [2.45, 2.75) is 11.8 Å². The van der Waals surface area contributed by atoms with Crippen molar-refractivity contribution in [3.8, 4) is 0 Å². The molecular weight excluding hydrogens is 466 g/mol. The zero-order chi connectivity index (χ0) is 21.2. The van der Waals surface area contributed by atoms with Crippen LogP contribution in [-0.2, 0) is 10.0 Å². The Morgan fingerprint density at radius 3 is 2.34 bits per heavy atom. The fourth-order valence-corrected chi connectivity index (χ4v) is 3.97. The molecule has 5 nitrogen and oxygen atoms in total. The van der Waals surface area contributed by atoms with E-state index < -0.39 is 27.6 Å². The molecule has 2 N–H and O–H groups in total. The molecule has 1 amide bonds. The third kappa shape index (κ3) is 4.80. The summed E-state index contributed by atoms with van der Waals surface area (Å²) in [5, 5.41) is 2.42. The van der Waals surface area contributed by atoms with E-state index in [1.54, 1.807) is 13.0 Å². The van der Waals surface area contributed by atoms with Crippen molar-refractivity contribution in [2.75, 3.05) is 10.0 Å². The van der Waals surface area contributed by atoms with Crippen LogP contribution in [0.1, 0.15) is 15.9 Å². The van der Waals surface area contributed by atoms with Gasteiger partial charge in [-0.05, 0) is 55.0 Å². The Morgan fingerprint density at radius 2 is 1.66 bits per heavy atom. The SMILES string of the molecule is Cc1ccc(S(=O)(=O)Nc2ccccc2F)cc1C(=O)Nc1ccc(Br)cc1F. The zero-order valence-corrected chi connectivity index (χ0v) is 17.4. The van der Waals surface area contributed by atoms with Crippen molar-refractivity contribution in [2.24, 2.45) is 0 Å². The van der Waals surface area contributed by atoms with Gasteiger partial charge in [-0.3, -0.25) is 9.52 Å². The van der Waals surface area contributed by atoms with Crippen LogP contribution in [0.2, 0.25) is 0 Å². The molecule has 0 aliphatic rings. The Bertz CT molecular complexity index is 1200. The third-order valence-corrected chi connectivity index (χ3v) is 5.92. The second-order valence-electron chi connectivity index (χ2n) is 6.14. The predicted octanol–water partition coefficient (Wildman–Crippen LogP) is 5.09. The number of sulfonamides is 1. The van der Waals surface area contributed by atoms with E-state index in [4.69, 9.17) is 0 Å². The second-order valence-corrected chi connectivity index (χ2v) is 8.74. The van der Waals surface area contributed by atoms with E-state index in [9.17, 15) is 22.0 Å². The van der Waals surface area contributed by atoms with E-state index in [2.05, 4.69) is 26.0 Å². The van der Waals surface area contributed by atoms with Crippen LogP contribution < -0.4 is 10.0 Å². The van der Waals surface area contributed by atoms with Crippen molar-refractivity contribution in [1.82, 2.24) is 0 Å². The van der Waals surface area contributed by atoms with Crippen LogP contribution in [0.5, 0.6) is 0 Å². The normalized spacial score (nSPS) is 11.2. The van der Waals surface area contributed by atoms with Crippen LogP contribution >= 0.6 is 15.9 Å². The summed E-state index contributed by atoms with van der Waals surface area (Å²) in [6.07, 6.45) is 0. The van der Waals surface area contributed by atoms with Crippen molar-refractivity contribution in [3.63, 3.8) is 0 Å². The summed E-state index contributed by atoms with van der Waals surface area (Å²) in [4.78, 5) is 12.4. The monoisotopic (exact) mass is 480 g/mol. The molecule has 3 aromatic carbocycles. The summed E-state index contributed by atoms with van der Waals surface area (Å²) in [5.74, 6) is -2.05. The summed E-state index contributed by atoms with van der Waals surface area (Å²) in [7, 11) is -4.15. The first kappa shape index (κ1) is 20.9. The average Bonchev–Trinajstić information content (AvgIpc) is 2.66. The predicted molar refractivity (Wildman–Crippen MR) is 110 cm³/mol. The molecule has 0 bridgehead atoms. The van der Waals surface area contributed by atoms with Gasteiger partial charge in [0.15, 0.2) is 0 Å². The molecule has 0 unspecified atom stereocenters. The highest BCUT2D eigenvalue weighted by atomic mass is 79.9. The Hall–Kier alpha value is -2.78. The lowest BCUT2D eigenvalue weighted by Crippen LogP contribution is -2.18. The molecule has 0 heterocycles. The summed E-state index contributed by atoms with van der Waals surface area (Å²) in [5.41, 5.74) is 0.278. The van der Waals surface area contributed by atoms with Crippen LogP contribution in [0.3, 0.4) is 0 Å². The summed E-state index contributed by atoms with van der Waals surface area (Å²) in [6.45, 7) is 1.62. The van der Waals surface area contributed by atoms with Gasteiger partial charge in [-0.2, -0.15) is 0 Å². The zero-order valence-electron chi connectivity index (χ0n) is 15.0. The number of amides is 1. The Morgan fingerprint density at radius 1 is 0.931 bits per heavy atom. The molecule has 3 aromatic rings. The minimum Gasteiger partial charge on any atom is -0.319 e. The number of carbonyl (C=O) groups excluding carboxylic acids is 1. The molecule has 0 fully saturated rings. The fourth-order valence-electron chi connectivity index (χ4n) is 2.54. The maximum absolute atomic E-state index is 14.0. The van der Waals surface area contributed by atoms with E-state index in [-0.39, 0.29) is 21.8 Å². The number of para-hydroxylation sites is 1. The van der Waals surface area contributed by atoms with Crippen LogP contribution in [0.4, 0.5) is 20.2 Å². The first-order valence-corrected chi connectivity index (χ1v) is 10.6. The number of rotatable bonds is 5. The molecular formula is C20H15BrF2N2O3S. The highest BCUT2D eigenvalue weighted by Crippen LogP contribution is 2.23. The van der Waals surface area contributed by atoms with E-state index in [0.717, 1.165) is 12.1 Å². The number of carbonyl (C=O) groups is 1. The number of benzene rings is 3. The first-order chi connectivity index (χ1) is 13.7. The third-order valence-electron chi connectivity index (χ3n) is 4.06. The van der Waals surface area contributed by atoms with Gasteiger partial charge in [0, 0.05) is 10.0 Å². The molecule has 150 valence electrons. The standard InChI is InChI=1S/C20H15BrF2N2O3S/c1-12-6-8-14(29(27,28)25-19-5-3-2-4-16(19)22)11-15(12)20(26)24-18-9-7-13(21)10-17(18)23/h2-11,25H,1H3,(H,24,26). The molecule has 0 aliphatic heterocycles. The van der Waals surface area contributed by atoms with Crippen molar-refractivity contribution in [1.29, 1.82) is 0 Å². The summed E-state index contributed by atoms with van der Waals surface area (Å²) in [6, 6.07) is 13.4. The van der Waals surface area contributed by atoms with Gasteiger partial charge in [0.25, 0.3) is 15.9 Å². The van der Waals surface area contributed by atoms with Gasteiger partial charge in [-0.15, -0.1) is 0 Å². The molecule has 29 heavy (non-hydrogen) atoms. The largest absolute Gasteiger partial charge is 0.319 e. The van der Waals surface area contributed by atoms with Crippen molar-refractivity contribution >= 4 is 43.2 Å². The molecule has 0 aromatic heterocycles. The maximum atomic E-state index is 14.0. The number of halogens is 3. The van der Waals surface area contributed by atoms with Gasteiger partial charge in [0.2, 0.25) is 0 Å². The van der Waals surface area contributed by atoms with E-state index >= 15 is 0 Å². The van der Waals surface area contributed by atoms with Gasteiger partial charge >= 0.3 is 0 Å². The van der Waals surface area contributed by atoms with Crippen LogP contribution in [0.25, 0.3) is 0 Å². The van der Waals surface area contributed by atoms with Crippen molar-refractivity contribution < 1.29 is 22.0 Å². The van der Waals surface area contributed by atoms with E-state index in [0.29, 0.717) is 10.0 Å². The smallest absolute Gasteiger partial charge is 0.262 e. The molecule has 0 atom stereocenters. The van der Waals surface area contributed by atoms with Crippen molar-refractivity contribution in [3.05, 3.63) is 87.9 Å². The Balaban J connectivity index is 1.91. The maximum Gasteiger partial charge on any atom is 0.262 e. The van der Waals surface area contributed by atoms with Gasteiger partial charge < -0.3 is 5.32 Å². The highest BCUT2D eigenvalue weighted by Gasteiger charge is 2.20. The summed E-state index contributed by atoms with van der Waals surface area (Å²) >= 11 is 3.13. The Kier molecular flexibility index (Phi) is 5.99. The topological polar surface area (TPSA) is 75.3 Å². The fraction of sp³-hybridized carbons (Fsp3) is 0.0500. The molecule has 0 spiro atoms. The van der Waals surface area contributed by atoms with Gasteiger partial charge in [-0.1, -0.05) is 34.1 Å². The van der Waals surface area contributed by atoms with E-state index in [1.165, 1.54) is 42.5 Å². The number of nitrogens with one attached hydrogen (secondary N) is 2. The van der Waals surface area contributed by atoms with Gasteiger partial charge in [0.1, 0.15) is 11.6 Å². The summed E-state index contributed by atoms with van der Waals surface area (Å²) < 4.78 is 55.7. The number of anilines is 2. The Labute approximate surface area is 174 Å². The van der Waals surface area contributed by atoms with Crippen LogP contribution in [0, 0.1) is 18.6 Å². The minimum atomic E-state index is -4.15. The number of aryl methyl sites for hydroxylation is 1. The van der Waals surface area contributed by atoms with Crippen LogP contribution in [-0.4, -0.2) is 14.3 Å². The molecule has 0 aliphatic carbocycles.